The first-order valence-electron chi connectivity index (χ1n) is 5.65. The van der Waals surface area contributed by atoms with E-state index in [4.69, 9.17) is 5.11 Å². The molecule has 1 aliphatic carbocycles. The normalized spacial score (nSPS) is 14.8. The van der Waals surface area contributed by atoms with Crippen molar-refractivity contribution in [3.05, 3.63) is 28.8 Å². The van der Waals surface area contributed by atoms with Crippen molar-refractivity contribution in [3.8, 4) is 0 Å². The molecule has 0 atom stereocenters. The van der Waals surface area contributed by atoms with Crippen LogP contribution in [0.4, 0.5) is 0 Å². The summed E-state index contributed by atoms with van der Waals surface area (Å²) >= 11 is 0. The van der Waals surface area contributed by atoms with Gasteiger partial charge in [0.2, 0.25) is 10.0 Å². The van der Waals surface area contributed by atoms with Crippen LogP contribution in [0.5, 0.6) is 0 Å². The van der Waals surface area contributed by atoms with Crippen LogP contribution < -0.4 is 0 Å². The molecule has 5 nitrogen and oxygen atoms in total. The Kier molecular flexibility index (Phi) is 3.16. The Bertz CT molecular complexity index is 605. The average Bonchev–Trinajstić information content (AvgIpc) is 2.74. The molecule has 0 fully saturated rings. The SMILES string of the molecule is CN(C)S(=O)(=O)c1cc(C(=O)O)cc2c1CCC2. The van der Waals surface area contributed by atoms with E-state index < -0.39 is 16.0 Å². The van der Waals surface area contributed by atoms with E-state index in [1.165, 1.54) is 20.2 Å². The minimum atomic E-state index is -3.59. The zero-order chi connectivity index (χ0) is 13.5. The zero-order valence-electron chi connectivity index (χ0n) is 10.3. The van der Waals surface area contributed by atoms with E-state index in [0.29, 0.717) is 6.42 Å². The molecular weight excluding hydrogens is 254 g/mol. The standard InChI is InChI=1S/C12H15NO4S/c1-13(2)18(16,17)11-7-9(12(14)15)6-8-4-3-5-10(8)11/h6-7H,3-5H2,1-2H3,(H,14,15). The summed E-state index contributed by atoms with van der Waals surface area (Å²) in [5.41, 5.74) is 1.65. The smallest absolute Gasteiger partial charge is 0.335 e. The maximum absolute atomic E-state index is 12.2. The molecule has 1 aromatic rings. The minimum Gasteiger partial charge on any atom is -0.478 e. The largest absolute Gasteiger partial charge is 0.478 e. The number of benzene rings is 1. The predicted molar refractivity (Wildman–Crippen MR) is 66.3 cm³/mol. The lowest BCUT2D eigenvalue weighted by molar-refractivity contribution is 0.0696. The van der Waals surface area contributed by atoms with Gasteiger partial charge in [-0.2, -0.15) is 0 Å². The first kappa shape index (κ1) is 13.0. The summed E-state index contributed by atoms with van der Waals surface area (Å²) in [6.45, 7) is 0. The summed E-state index contributed by atoms with van der Waals surface area (Å²) in [7, 11) is -0.691. The fourth-order valence-corrected chi connectivity index (χ4v) is 3.43. The summed E-state index contributed by atoms with van der Waals surface area (Å²) < 4.78 is 25.5. The van der Waals surface area contributed by atoms with E-state index in [0.717, 1.165) is 28.3 Å². The molecule has 2 rings (SSSR count). The first-order valence-corrected chi connectivity index (χ1v) is 7.09. The maximum atomic E-state index is 12.2. The molecule has 0 spiro atoms. The van der Waals surface area contributed by atoms with Crippen molar-refractivity contribution in [2.75, 3.05) is 14.1 Å². The van der Waals surface area contributed by atoms with Gasteiger partial charge in [-0.25, -0.2) is 17.5 Å². The second-order valence-electron chi connectivity index (χ2n) is 4.56. The molecule has 18 heavy (non-hydrogen) atoms. The fraction of sp³-hybridized carbons (Fsp3) is 0.417. The van der Waals surface area contributed by atoms with Gasteiger partial charge in [0.25, 0.3) is 0 Å². The lowest BCUT2D eigenvalue weighted by atomic mass is 10.1. The van der Waals surface area contributed by atoms with Crippen molar-refractivity contribution < 1.29 is 18.3 Å². The number of carboxylic acids is 1. The van der Waals surface area contributed by atoms with E-state index >= 15 is 0 Å². The Morgan fingerprint density at radius 1 is 1.28 bits per heavy atom. The Hall–Kier alpha value is -1.40. The Balaban J connectivity index is 2.71. The topological polar surface area (TPSA) is 74.7 Å². The summed E-state index contributed by atoms with van der Waals surface area (Å²) in [5.74, 6) is -1.10. The third-order valence-corrected chi connectivity index (χ3v) is 5.06. The third kappa shape index (κ3) is 2.02. The number of carbonyl (C=O) groups is 1. The molecule has 0 heterocycles. The maximum Gasteiger partial charge on any atom is 0.335 e. The van der Waals surface area contributed by atoms with Gasteiger partial charge in [0.05, 0.1) is 10.5 Å². The van der Waals surface area contributed by atoms with Gasteiger partial charge in [0.15, 0.2) is 0 Å². The van der Waals surface area contributed by atoms with Gasteiger partial charge in [-0.3, -0.25) is 0 Å². The second kappa shape index (κ2) is 4.37. The van der Waals surface area contributed by atoms with Crippen LogP contribution in [0.25, 0.3) is 0 Å². The number of fused-ring (bicyclic) bond motifs is 1. The molecule has 0 bridgehead atoms. The zero-order valence-corrected chi connectivity index (χ0v) is 11.1. The highest BCUT2D eigenvalue weighted by Crippen LogP contribution is 2.31. The molecule has 0 radical (unpaired) electrons. The van der Waals surface area contributed by atoms with Crippen LogP contribution in [0.15, 0.2) is 17.0 Å². The summed E-state index contributed by atoms with van der Waals surface area (Å²) in [5, 5.41) is 9.04. The number of hydrogen-bond acceptors (Lipinski definition) is 3. The van der Waals surface area contributed by atoms with Gasteiger partial charge < -0.3 is 5.11 Å². The predicted octanol–water partition coefficient (Wildman–Crippen LogP) is 1.12. The number of hydrogen-bond donors (Lipinski definition) is 1. The average molecular weight is 269 g/mol. The van der Waals surface area contributed by atoms with E-state index in [9.17, 15) is 13.2 Å². The molecule has 1 aromatic carbocycles. The molecular formula is C12H15NO4S. The van der Waals surface area contributed by atoms with Gasteiger partial charge in [-0.1, -0.05) is 0 Å². The Morgan fingerprint density at radius 2 is 1.94 bits per heavy atom. The van der Waals surface area contributed by atoms with Gasteiger partial charge in [-0.15, -0.1) is 0 Å². The van der Waals surface area contributed by atoms with Crippen molar-refractivity contribution >= 4 is 16.0 Å². The first-order chi connectivity index (χ1) is 8.34. The van der Waals surface area contributed by atoms with Gasteiger partial charge >= 0.3 is 5.97 Å². The minimum absolute atomic E-state index is 0.0380. The number of aryl methyl sites for hydroxylation is 1. The Labute approximate surface area is 106 Å². The number of rotatable bonds is 3. The highest BCUT2D eigenvalue weighted by Gasteiger charge is 2.27. The number of carboxylic acid groups (broad SMARTS) is 1. The number of aromatic carboxylic acids is 1. The molecule has 1 aliphatic rings. The quantitative estimate of drug-likeness (QED) is 0.892. The molecule has 0 unspecified atom stereocenters. The summed E-state index contributed by atoms with van der Waals surface area (Å²) in [6.07, 6.45) is 2.30. The van der Waals surface area contributed by atoms with Crippen LogP contribution in [0.1, 0.15) is 27.9 Å². The molecule has 0 amide bonds. The van der Waals surface area contributed by atoms with Crippen LogP contribution in [0.3, 0.4) is 0 Å². The lowest BCUT2D eigenvalue weighted by Gasteiger charge is -2.15. The van der Waals surface area contributed by atoms with E-state index in [1.807, 2.05) is 0 Å². The van der Waals surface area contributed by atoms with Crippen LogP contribution in [-0.4, -0.2) is 37.9 Å². The lowest BCUT2D eigenvalue weighted by Crippen LogP contribution is -2.24. The molecule has 0 saturated heterocycles. The molecule has 0 saturated carbocycles. The van der Waals surface area contributed by atoms with E-state index in [-0.39, 0.29) is 10.5 Å². The fourth-order valence-electron chi connectivity index (χ4n) is 2.22. The molecule has 1 N–H and O–H groups in total. The highest BCUT2D eigenvalue weighted by molar-refractivity contribution is 7.89. The summed E-state index contributed by atoms with van der Waals surface area (Å²) in [4.78, 5) is 11.2. The van der Waals surface area contributed by atoms with Gasteiger partial charge in [0.1, 0.15) is 0 Å². The van der Waals surface area contributed by atoms with Crippen molar-refractivity contribution in [1.82, 2.24) is 4.31 Å². The van der Waals surface area contributed by atoms with Crippen molar-refractivity contribution in [1.29, 1.82) is 0 Å². The third-order valence-electron chi connectivity index (χ3n) is 3.18. The molecule has 6 heteroatoms. The number of nitrogens with zero attached hydrogens (tertiary/aromatic N) is 1. The van der Waals surface area contributed by atoms with E-state index in [2.05, 4.69) is 0 Å². The van der Waals surface area contributed by atoms with Crippen molar-refractivity contribution in [3.63, 3.8) is 0 Å². The summed E-state index contributed by atoms with van der Waals surface area (Å²) in [6, 6.07) is 2.85. The van der Waals surface area contributed by atoms with Crippen molar-refractivity contribution in [2.24, 2.45) is 0 Å². The van der Waals surface area contributed by atoms with Gasteiger partial charge in [0, 0.05) is 14.1 Å². The molecule has 98 valence electrons. The Morgan fingerprint density at radius 3 is 2.50 bits per heavy atom. The number of sulfonamides is 1. The van der Waals surface area contributed by atoms with Crippen LogP contribution in [0, 0.1) is 0 Å². The van der Waals surface area contributed by atoms with Crippen molar-refractivity contribution in [2.45, 2.75) is 24.2 Å². The van der Waals surface area contributed by atoms with Gasteiger partial charge in [-0.05, 0) is 42.5 Å². The van der Waals surface area contributed by atoms with Crippen LogP contribution in [0.2, 0.25) is 0 Å². The van der Waals surface area contributed by atoms with E-state index in [1.54, 1.807) is 6.07 Å². The molecule has 0 aliphatic heterocycles. The van der Waals surface area contributed by atoms with Crippen LogP contribution >= 0.6 is 0 Å². The highest BCUT2D eigenvalue weighted by atomic mass is 32.2. The molecule has 0 aromatic heterocycles. The van der Waals surface area contributed by atoms with Crippen LogP contribution in [-0.2, 0) is 22.9 Å². The monoisotopic (exact) mass is 269 g/mol. The second-order valence-corrected chi connectivity index (χ2v) is 6.68.